The molecule has 0 N–H and O–H groups in total. The van der Waals surface area contributed by atoms with Crippen molar-refractivity contribution in [2.24, 2.45) is 0 Å². The summed E-state index contributed by atoms with van der Waals surface area (Å²) in [5, 5.41) is 0. The van der Waals surface area contributed by atoms with Gasteiger partial charge in [0.2, 0.25) is 0 Å². The van der Waals surface area contributed by atoms with Crippen LogP contribution in [0.15, 0.2) is 0 Å². The van der Waals surface area contributed by atoms with Crippen LogP contribution in [0.3, 0.4) is 0 Å². The van der Waals surface area contributed by atoms with Crippen molar-refractivity contribution in [2.45, 2.75) is 82.4 Å². The largest absolute Gasteiger partial charge is 0.0891 e. The zero-order valence-corrected chi connectivity index (χ0v) is 12.0. The molecule has 0 nitrogen and oxygen atoms in total. The molecule has 0 aliphatic heterocycles. The molecule has 1 heteroatoms. The van der Waals surface area contributed by atoms with E-state index >= 15 is 0 Å². The molecular weight excluding hydrogens is 248 g/mol. The molecule has 0 bridgehead atoms. The van der Waals surface area contributed by atoms with Gasteiger partial charge in [-0.2, -0.15) is 0 Å². The van der Waals surface area contributed by atoms with E-state index in [-0.39, 0.29) is 0 Å². The highest BCUT2D eigenvalue weighted by molar-refractivity contribution is 9.09. The Kier molecular flexibility index (Phi) is 13.0. The lowest BCUT2D eigenvalue weighted by atomic mass is 10.1. The van der Waals surface area contributed by atoms with E-state index in [1.807, 2.05) is 0 Å². The number of rotatable bonds is 11. The molecule has 0 aromatic heterocycles. The number of hydrogen-bond acceptors (Lipinski definition) is 0. The summed E-state index contributed by atoms with van der Waals surface area (Å²) in [7, 11) is 0. The SMILES string of the molecule is [CH2]CCCCC(Br)CCCCCCCC. The molecule has 0 rings (SSSR count). The third kappa shape index (κ3) is 12.4. The monoisotopic (exact) mass is 275 g/mol. The molecule has 91 valence electrons. The van der Waals surface area contributed by atoms with Gasteiger partial charge in [-0.1, -0.05) is 87.6 Å². The molecule has 1 radical (unpaired) electrons. The molecule has 1 atom stereocenters. The molecule has 0 heterocycles. The molecule has 0 aromatic rings. The van der Waals surface area contributed by atoms with E-state index in [1.165, 1.54) is 64.2 Å². The van der Waals surface area contributed by atoms with Gasteiger partial charge in [0.25, 0.3) is 0 Å². The van der Waals surface area contributed by atoms with Crippen molar-refractivity contribution in [3.8, 4) is 0 Å². The zero-order chi connectivity index (χ0) is 11.4. The minimum absolute atomic E-state index is 0.759. The molecule has 0 aromatic carbocycles. The number of hydrogen-bond donors (Lipinski definition) is 0. The van der Waals surface area contributed by atoms with E-state index in [1.54, 1.807) is 0 Å². The van der Waals surface area contributed by atoms with Gasteiger partial charge in [0.15, 0.2) is 0 Å². The minimum atomic E-state index is 0.759. The van der Waals surface area contributed by atoms with Crippen LogP contribution < -0.4 is 0 Å². The van der Waals surface area contributed by atoms with Crippen molar-refractivity contribution in [2.75, 3.05) is 0 Å². The predicted octanol–water partition coefficient (Wildman–Crippen LogP) is 5.89. The van der Waals surface area contributed by atoms with Crippen LogP contribution in [-0.2, 0) is 0 Å². The average Bonchev–Trinajstić information content (AvgIpc) is 2.23. The summed E-state index contributed by atoms with van der Waals surface area (Å²) in [4.78, 5) is 0.759. The van der Waals surface area contributed by atoms with Gasteiger partial charge in [-0.25, -0.2) is 0 Å². The molecular formula is C14H28Br. The standard InChI is InChI=1S/C14H28Br/c1-3-5-7-8-9-11-13-14(15)12-10-6-4-2/h14H,2-13H2,1H3. The zero-order valence-electron chi connectivity index (χ0n) is 10.4. The summed E-state index contributed by atoms with van der Waals surface area (Å²) in [5.41, 5.74) is 0. The second-order valence-electron chi connectivity index (χ2n) is 4.50. The van der Waals surface area contributed by atoms with Crippen LogP contribution in [0.1, 0.15) is 77.6 Å². The number of unbranched alkanes of at least 4 members (excludes halogenated alkanes) is 7. The first-order valence-corrected chi connectivity index (χ1v) is 7.66. The molecule has 1 unspecified atom stereocenters. The van der Waals surface area contributed by atoms with Crippen LogP contribution in [0.2, 0.25) is 0 Å². The van der Waals surface area contributed by atoms with Crippen molar-refractivity contribution in [3.05, 3.63) is 6.92 Å². The maximum absolute atomic E-state index is 3.87. The average molecular weight is 276 g/mol. The normalized spacial score (nSPS) is 13.0. The number of alkyl halides is 1. The van der Waals surface area contributed by atoms with Crippen LogP contribution in [-0.4, -0.2) is 4.83 Å². The van der Waals surface area contributed by atoms with Gasteiger partial charge in [0.1, 0.15) is 0 Å². The summed E-state index contributed by atoms with van der Waals surface area (Å²) in [6.07, 6.45) is 14.9. The van der Waals surface area contributed by atoms with E-state index in [2.05, 4.69) is 29.8 Å². The Hall–Kier alpha value is 0.480. The smallest absolute Gasteiger partial charge is 0.0145 e. The lowest BCUT2D eigenvalue weighted by Gasteiger charge is -2.08. The lowest BCUT2D eigenvalue weighted by Crippen LogP contribution is -1.97. The fourth-order valence-electron chi connectivity index (χ4n) is 1.83. The topological polar surface area (TPSA) is 0 Å². The first kappa shape index (κ1) is 15.5. The van der Waals surface area contributed by atoms with Gasteiger partial charge >= 0.3 is 0 Å². The fourth-order valence-corrected chi connectivity index (χ4v) is 2.48. The molecule has 0 saturated carbocycles. The van der Waals surface area contributed by atoms with E-state index in [0.29, 0.717) is 0 Å². The van der Waals surface area contributed by atoms with Crippen LogP contribution >= 0.6 is 15.9 Å². The Morgan fingerprint density at radius 1 is 0.867 bits per heavy atom. The highest BCUT2D eigenvalue weighted by atomic mass is 79.9. The molecule has 0 saturated heterocycles. The number of halogens is 1. The lowest BCUT2D eigenvalue weighted by molar-refractivity contribution is 0.562. The van der Waals surface area contributed by atoms with Crippen LogP contribution in [0.5, 0.6) is 0 Å². The summed E-state index contributed by atoms with van der Waals surface area (Å²) in [6, 6.07) is 0. The van der Waals surface area contributed by atoms with E-state index in [4.69, 9.17) is 0 Å². The molecule has 15 heavy (non-hydrogen) atoms. The van der Waals surface area contributed by atoms with Gasteiger partial charge in [-0.05, 0) is 12.8 Å². The Morgan fingerprint density at radius 3 is 2.00 bits per heavy atom. The summed E-state index contributed by atoms with van der Waals surface area (Å²) >= 11 is 3.77. The van der Waals surface area contributed by atoms with Crippen molar-refractivity contribution in [1.82, 2.24) is 0 Å². The third-order valence-corrected chi connectivity index (χ3v) is 3.80. The quantitative estimate of drug-likeness (QED) is 0.326. The Morgan fingerprint density at radius 2 is 1.40 bits per heavy atom. The summed E-state index contributed by atoms with van der Waals surface area (Å²) < 4.78 is 0. The molecule has 0 fully saturated rings. The Bertz CT molecular complexity index is 112. The Labute approximate surface area is 105 Å². The maximum Gasteiger partial charge on any atom is 0.0145 e. The van der Waals surface area contributed by atoms with E-state index in [0.717, 1.165) is 11.2 Å². The molecule has 0 amide bonds. The summed E-state index contributed by atoms with van der Waals surface area (Å²) in [6.45, 7) is 6.15. The van der Waals surface area contributed by atoms with Crippen LogP contribution in [0, 0.1) is 6.92 Å². The maximum atomic E-state index is 3.87. The van der Waals surface area contributed by atoms with Crippen molar-refractivity contribution >= 4 is 15.9 Å². The van der Waals surface area contributed by atoms with Gasteiger partial charge in [0, 0.05) is 4.83 Å². The third-order valence-electron chi connectivity index (χ3n) is 2.89. The van der Waals surface area contributed by atoms with Crippen molar-refractivity contribution < 1.29 is 0 Å². The van der Waals surface area contributed by atoms with Gasteiger partial charge in [-0.15, -0.1) is 0 Å². The minimum Gasteiger partial charge on any atom is -0.0891 e. The molecule has 0 aliphatic rings. The van der Waals surface area contributed by atoms with Crippen molar-refractivity contribution in [1.29, 1.82) is 0 Å². The molecule has 0 spiro atoms. The predicted molar refractivity (Wildman–Crippen MR) is 74.5 cm³/mol. The van der Waals surface area contributed by atoms with Gasteiger partial charge in [-0.3, -0.25) is 0 Å². The van der Waals surface area contributed by atoms with E-state index in [9.17, 15) is 0 Å². The first-order chi connectivity index (χ1) is 7.31. The van der Waals surface area contributed by atoms with Crippen molar-refractivity contribution in [3.63, 3.8) is 0 Å². The first-order valence-electron chi connectivity index (χ1n) is 6.74. The molecule has 0 aliphatic carbocycles. The Balaban J connectivity index is 3.06. The highest BCUT2D eigenvalue weighted by Crippen LogP contribution is 2.18. The van der Waals surface area contributed by atoms with E-state index < -0.39 is 0 Å². The summed E-state index contributed by atoms with van der Waals surface area (Å²) in [5.74, 6) is 0. The second-order valence-corrected chi connectivity index (χ2v) is 5.80. The van der Waals surface area contributed by atoms with Crippen LogP contribution in [0.4, 0.5) is 0 Å². The van der Waals surface area contributed by atoms with Gasteiger partial charge in [0.05, 0.1) is 0 Å². The van der Waals surface area contributed by atoms with Gasteiger partial charge < -0.3 is 0 Å². The fraction of sp³-hybridized carbons (Fsp3) is 0.929. The highest BCUT2D eigenvalue weighted by Gasteiger charge is 2.02. The second kappa shape index (κ2) is 12.5. The van der Waals surface area contributed by atoms with Crippen LogP contribution in [0.25, 0.3) is 0 Å².